The van der Waals surface area contributed by atoms with Crippen molar-refractivity contribution in [2.24, 2.45) is 0 Å². The topological polar surface area (TPSA) is 21.3 Å². The molecule has 88 valence electrons. The highest BCUT2D eigenvalue weighted by Crippen LogP contribution is 2.36. The molecule has 1 aromatic carbocycles. The molecular weight excluding hydrogens is 198 g/mol. The molecule has 2 heteroatoms. The lowest BCUT2D eigenvalue weighted by atomic mass is 9.95. The Balaban J connectivity index is 2.39. The van der Waals surface area contributed by atoms with Gasteiger partial charge in [-0.05, 0) is 30.9 Å². The third-order valence-corrected chi connectivity index (χ3v) is 3.34. The fourth-order valence-corrected chi connectivity index (χ4v) is 2.49. The molecule has 1 fully saturated rings. The van der Waals surface area contributed by atoms with Gasteiger partial charge in [0.2, 0.25) is 0 Å². The quantitative estimate of drug-likeness (QED) is 0.842. The fourth-order valence-electron chi connectivity index (χ4n) is 2.49. The van der Waals surface area contributed by atoms with Crippen LogP contribution in [0.2, 0.25) is 0 Å². The van der Waals surface area contributed by atoms with Gasteiger partial charge in [0.15, 0.2) is 0 Å². The summed E-state index contributed by atoms with van der Waals surface area (Å²) in [5.74, 6) is 1.59. The number of para-hydroxylation sites is 1. The molecule has 0 saturated carbocycles. The summed E-state index contributed by atoms with van der Waals surface area (Å²) in [7, 11) is 1.78. The zero-order valence-electron chi connectivity index (χ0n) is 10.4. The number of rotatable bonds is 3. The zero-order valence-corrected chi connectivity index (χ0v) is 10.4. The molecule has 0 radical (unpaired) electrons. The van der Waals surface area contributed by atoms with E-state index in [2.05, 4.69) is 37.4 Å². The summed E-state index contributed by atoms with van der Waals surface area (Å²) in [6, 6.07) is 6.98. The average molecular weight is 219 g/mol. The van der Waals surface area contributed by atoms with E-state index in [1.54, 1.807) is 7.11 Å². The summed E-state index contributed by atoms with van der Waals surface area (Å²) < 4.78 is 5.61. The highest BCUT2D eigenvalue weighted by Gasteiger charge is 2.21. The van der Waals surface area contributed by atoms with Gasteiger partial charge in [0.1, 0.15) is 5.75 Å². The van der Waals surface area contributed by atoms with Gasteiger partial charge in [0.05, 0.1) is 7.11 Å². The van der Waals surface area contributed by atoms with Crippen LogP contribution in [0.3, 0.4) is 0 Å². The summed E-state index contributed by atoms with van der Waals surface area (Å²) >= 11 is 0. The summed E-state index contributed by atoms with van der Waals surface area (Å²) in [6.07, 6.45) is 2.48. The normalized spacial score (nSPS) is 20.4. The molecule has 1 aliphatic rings. The minimum Gasteiger partial charge on any atom is -0.496 e. The highest BCUT2D eigenvalue weighted by molar-refractivity contribution is 5.45. The summed E-state index contributed by atoms with van der Waals surface area (Å²) in [6.45, 7) is 5.55. The first-order valence-corrected chi connectivity index (χ1v) is 6.14. The molecule has 16 heavy (non-hydrogen) atoms. The van der Waals surface area contributed by atoms with E-state index < -0.39 is 0 Å². The van der Waals surface area contributed by atoms with Gasteiger partial charge in [-0.2, -0.15) is 0 Å². The largest absolute Gasteiger partial charge is 0.496 e. The number of benzene rings is 1. The minimum absolute atomic E-state index is 0.480. The molecule has 1 heterocycles. The number of methoxy groups -OCH3 is 1. The van der Waals surface area contributed by atoms with Gasteiger partial charge in [0.25, 0.3) is 0 Å². The van der Waals surface area contributed by atoms with Crippen molar-refractivity contribution >= 4 is 0 Å². The summed E-state index contributed by atoms with van der Waals surface area (Å²) in [5, 5.41) is 3.53. The van der Waals surface area contributed by atoms with E-state index in [4.69, 9.17) is 4.74 Å². The molecule has 0 amide bonds. The molecule has 1 saturated heterocycles. The van der Waals surface area contributed by atoms with Crippen LogP contribution >= 0.6 is 0 Å². The third kappa shape index (κ3) is 2.07. The van der Waals surface area contributed by atoms with Crippen LogP contribution in [0.1, 0.15) is 49.8 Å². The van der Waals surface area contributed by atoms with Gasteiger partial charge in [-0.15, -0.1) is 0 Å². The first-order chi connectivity index (χ1) is 7.74. The van der Waals surface area contributed by atoms with Gasteiger partial charge in [0, 0.05) is 11.6 Å². The van der Waals surface area contributed by atoms with Gasteiger partial charge in [-0.3, -0.25) is 0 Å². The Bertz CT molecular complexity index is 354. The Kier molecular flexibility index (Phi) is 3.49. The minimum atomic E-state index is 0.480. The Hall–Kier alpha value is -1.02. The summed E-state index contributed by atoms with van der Waals surface area (Å²) in [4.78, 5) is 0. The third-order valence-electron chi connectivity index (χ3n) is 3.34. The Morgan fingerprint density at radius 3 is 2.75 bits per heavy atom. The molecule has 1 unspecified atom stereocenters. The van der Waals surface area contributed by atoms with E-state index in [-0.39, 0.29) is 0 Å². The maximum atomic E-state index is 5.61. The van der Waals surface area contributed by atoms with Crippen LogP contribution in [0.5, 0.6) is 5.75 Å². The second-order valence-corrected chi connectivity index (χ2v) is 4.77. The molecule has 0 bridgehead atoms. The molecule has 2 rings (SSSR count). The monoisotopic (exact) mass is 219 g/mol. The van der Waals surface area contributed by atoms with Crippen LogP contribution < -0.4 is 10.1 Å². The number of hydrogen-bond acceptors (Lipinski definition) is 2. The van der Waals surface area contributed by atoms with Crippen molar-refractivity contribution in [1.82, 2.24) is 5.32 Å². The zero-order chi connectivity index (χ0) is 11.5. The first kappa shape index (κ1) is 11.5. The van der Waals surface area contributed by atoms with Gasteiger partial charge in [-0.1, -0.05) is 32.0 Å². The van der Waals surface area contributed by atoms with Crippen LogP contribution in [-0.2, 0) is 0 Å². The maximum absolute atomic E-state index is 5.61. The Labute approximate surface area is 98.0 Å². The Morgan fingerprint density at radius 2 is 2.19 bits per heavy atom. The SMILES string of the molecule is COc1c(C(C)C)cccc1C1CCCN1. The predicted molar refractivity (Wildman–Crippen MR) is 67.1 cm³/mol. The molecule has 0 spiro atoms. The molecule has 1 aliphatic heterocycles. The van der Waals surface area contributed by atoms with E-state index in [0.717, 1.165) is 12.3 Å². The van der Waals surface area contributed by atoms with Crippen molar-refractivity contribution < 1.29 is 4.74 Å². The van der Waals surface area contributed by atoms with Crippen LogP contribution in [-0.4, -0.2) is 13.7 Å². The lowest BCUT2D eigenvalue weighted by Gasteiger charge is -2.19. The maximum Gasteiger partial charge on any atom is 0.127 e. The van der Waals surface area contributed by atoms with E-state index in [1.165, 1.54) is 24.0 Å². The smallest absolute Gasteiger partial charge is 0.127 e. The molecule has 1 atom stereocenters. The van der Waals surface area contributed by atoms with Crippen LogP contribution in [0.25, 0.3) is 0 Å². The predicted octanol–water partition coefficient (Wildman–Crippen LogP) is 3.24. The van der Waals surface area contributed by atoms with Gasteiger partial charge >= 0.3 is 0 Å². The van der Waals surface area contributed by atoms with E-state index in [0.29, 0.717) is 12.0 Å². The van der Waals surface area contributed by atoms with Crippen LogP contribution in [0.4, 0.5) is 0 Å². The standard InChI is InChI=1S/C14H21NO/c1-10(2)11-6-4-7-12(14(11)16-3)13-8-5-9-15-13/h4,6-7,10,13,15H,5,8-9H2,1-3H3. The fraction of sp³-hybridized carbons (Fsp3) is 0.571. The summed E-state index contributed by atoms with van der Waals surface area (Å²) in [5.41, 5.74) is 2.64. The van der Waals surface area contributed by atoms with E-state index in [9.17, 15) is 0 Å². The van der Waals surface area contributed by atoms with Gasteiger partial charge < -0.3 is 10.1 Å². The lowest BCUT2D eigenvalue weighted by molar-refractivity contribution is 0.396. The van der Waals surface area contributed by atoms with Crippen molar-refractivity contribution in [2.75, 3.05) is 13.7 Å². The molecular formula is C14H21NO. The van der Waals surface area contributed by atoms with Crippen LogP contribution in [0.15, 0.2) is 18.2 Å². The van der Waals surface area contributed by atoms with Gasteiger partial charge in [-0.25, -0.2) is 0 Å². The molecule has 0 aromatic heterocycles. The number of nitrogens with one attached hydrogen (secondary N) is 1. The van der Waals surface area contributed by atoms with Crippen molar-refractivity contribution in [3.05, 3.63) is 29.3 Å². The molecule has 1 aromatic rings. The second-order valence-electron chi connectivity index (χ2n) is 4.77. The number of ether oxygens (including phenoxy) is 1. The van der Waals surface area contributed by atoms with Crippen molar-refractivity contribution in [3.63, 3.8) is 0 Å². The lowest BCUT2D eigenvalue weighted by Crippen LogP contribution is -2.14. The van der Waals surface area contributed by atoms with Crippen molar-refractivity contribution in [2.45, 2.75) is 38.6 Å². The highest BCUT2D eigenvalue weighted by atomic mass is 16.5. The van der Waals surface area contributed by atoms with E-state index >= 15 is 0 Å². The Morgan fingerprint density at radius 1 is 1.38 bits per heavy atom. The van der Waals surface area contributed by atoms with Crippen molar-refractivity contribution in [3.8, 4) is 5.75 Å². The molecule has 0 aliphatic carbocycles. The van der Waals surface area contributed by atoms with E-state index in [1.807, 2.05) is 0 Å². The van der Waals surface area contributed by atoms with Crippen LogP contribution in [0, 0.1) is 0 Å². The van der Waals surface area contributed by atoms with Crippen molar-refractivity contribution in [1.29, 1.82) is 0 Å². The molecule has 1 N–H and O–H groups in total. The number of hydrogen-bond donors (Lipinski definition) is 1. The second kappa shape index (κ2) is 4.88. The first-order valence-electron chi connectivity index (χ1n) is 6.14. The average Bonchev–Trinajstić information content (AvgIpc) is 2.81. The molecule has 2 nitrogen and oxygen atoms in total.